The van der Waals surface area contributed by atoms with Gasteiger partial charge in [0.15, 0.2) is 0 Å². The Morgan fingerprint density at radius 2 is 2.14 bits per heavy atom. The summed E-state index contributed by atoms with van der Waals surface area (Å²) in [4.78, 5) is 0. The maximum absolute atomic E-state index is 13.1. The van der Waals surface area contributed by atoms with E-state index >= 15 is 0 Å². The van der Waals surface area contributed by atoms with Crippen molar-refractivity contribution in [2.24, 2.45) is 5.92 Å². The Hall–Kier alpha value is -1.43. The first-order chi connectivity index (χ1) is 6.67. The lowest BCUT2D eigenvalue weighted by atomic mass is 9.98. The van der Waals surface area contributed by atoms with Gasteiger partial charge in [-0.15, -0.1) is 0 Å². The van der Waals surface area contributed by atoms with Crippen molar-refractivity contribution in [3.8, 4) is 6.07 Å². The van der Waals surface area contributed by atoms with Crippen LogP contribution in [0.25, 0.3) is 0 Å². The SMILES string of the molecule is CCC(C#N)Cc1cc(F)ccc1F. The minimum Gasteiger partial charge on any atom is -0.207 e. The lowest BCUT2D eigenvalue weighted by molar-refractivity contribution is 0.558. The van der Waals surface area contributed by atoms with Gasteiger partial charge in [-0.1, -0.05) is 6.92 Å². The summed E-state index contributed by atoms with van der Waals surface area (Å²) >= 11 is 0. The predicted octanol–water partition coefficient (Wildman–Crippen LogP) is 3.06. The fourth-order valence-electron chi connectivity index (χ4n) is 1.25. The second kappa shape index (κ2) is 4.71. The summed E-state index contributed by atoms with van der Waals surface area (Å²) in [5.74, 6) is -1.15. The molecule has 0 aliphatic carbocycles. The van der Waals surface area contributed by atoms with E-state index in [1.807, 2.05) is 6.92 Å². The Labute approximate surface area is 82.0 Å². The number of nitrogens with zero attached hydrogens (tertiary/aromatic N) is 1. The van der Waals surface area contributed by atoms with Crippen LogP contribution in [-0.4, -0.2) is 0 Å². The van der Waals surface area contributed by atoms with Crippen LogP contribution in [0.15, 0.2) is 18.2 Å². The van der Waals surface area contributed by atoms with Crippen LogP contribution in [0.3, 0.4) is 0 Å². The standard InChI is InChI=1S/C11H11F2N/c1-2-8(7-14)5-9-6-10(12)3-4-11(9)13/h3-4,6,8H,2,5H2,1H3. The first-order valence-corrected chi connectivity index (χ1v) is 4.51. The van der Waals surface area contributed by atoms with Crippen LogP contribution in [0.2, 0.25) is 0 Å². The minimum absolute atomic E-state index is 0.244. The lowest BCUT2D eigenvalue weighted by Crippen LogP contribution is -2.02. The van der Waals surface area contributed by atoms with Gasteiger partial charge in [0.05, 0.1) is 12.0 Å². The number of benzene rings is 1. The maximum atomic E-state index is 13.1. The molecule has 0 aliphatic rings. The molecule has 1 rings (SSSR count). The molecule has 0 bridgehead atoms. The Morgan fingerprint density at radius 3 is 2.71 bits per heavy atom. The van der Waals surface area contributed by atoms with Gasteiger partial charge in [0.25, 0.3) is 0 Å². The molecule has 0 spiro atoms. The van der Waals surface area contributed by atoms with E-state index in [1.165, 1.54) is 0 Å². The Bertz CT molecular complexity index is 355. The van der Waals surface area contributed by atoms with Crippen molar-refractivity contribution in [2.45, 2.75) is 19.8 Å². The quantitative estimate of drug-likeness (QED) is 0.727. The molecule has 0 N–H and O–H groups in total. The van der Waals surface area contributed by atoms with Gasteiger partial charge in [0.1, 0.15) is 11.6 Å². The molecular formula is C11H11F2N. The summed E-state index contributed by atoms with van der Waals surface area (Å²) in [7, 11) is 0. The van der Waals surface area contributed by atoms with Crippen LogP contribution >= 0.6 is 0 Å². The third-order valence-electron chi connectivity index (χ3n) is 2.15. The molecule has 0 saturated carbocycles. The number of hydrogen-bond donors (Lipinski definition) is 0. The second-order valence-corrected chi connectivity index (χ2v) is 3.17. The monoisotopic (exact) mass is 195 g/mol. The molecule has 14 heavy (non-hydrogen) atoms. The fourth-order valence-corrected chi connectivity index (χ4v) is 1.25. The van der Waals surface area contributed by atoms with E-state index in [0.717, 1.165) is 18.2 Å². The van der Waals surface area contributed by atoms with Crippen LogP contribution in [-0.2, 0) is 6.42 Å². The third-order valence-corrected chi connectivity index (χ3v) is 2.15. The molecule has 0 fully saturated rings. The zero-order valence-corrected chi connectivity index (χ0v) is 7.93. The van der Waals surface area contributed by atoms with Crippen molar-refractivity contribution in [3.05, 3.63) is 35.4 Å². The first kappa shape index (κ1) is 10.6. The summed E-state index contributed by atoms with van der Waals surface area (Å²) in [6.45, 7) is 1.85. The lowest BCUT2D eigenvalue weighted by Gasteiger charge is -2.06. The van der Waals surface area contributed by atoms with E-state index in [1.54, 1.807) is 0 Å². The molecule has 1 aromatic rings. The summed E-state index contributed by atoms with van der Waals surface area (Å²) in [5, 5.41) is 8.68. The largest absolute Gasteiger partial charge is 0.207 e. The molecule has 1 atom stereocenters. The van der Waals surface area contributed by atoms with Gasteiger partial charge in [-0.25, -0.2) is 8.78 Å². The van der Waals surface area contributed by atoms with Crippen LogP contribution in [0, 0.1) is 28.9 Å². The van der Waals surface area contributed by atoms with Gasteiger partial charge < -0.3 is 0 Å². The fraction of sp³-hybridized carbons (Fsp3) is 0.364. The van der Waals surface area contributed by atoms with Crippen molar-refractivity contribution >= 4 is 0 Å². The highest BCUT2D eigenvalue weighted by Gasteiger charge is 2.10. The molecule has 1 nitrogen and oxygen atoms in total. The number of hydrogen-bond acceptors (Lipinski definition) is 1. The third kappa shape index (κ3) is 2.53. The average molecular weight is 195 g/mol. The highest BCUT2D eigenvalue weighted by Crippen LogP contribution is 2.16. The van der Waals surface area contributed by atoms with Crippen molar-refractivity contribution in [1.29, 1.82) is 5.26 Å². The summed E-state index contributed by atoms with van der Waals surface area (Å²) < 4.78 is 25.9. The van der Waals surface area contributed by atoms with Crippen LogP contribution < -0.4 is 0 Å². The van der Waals surface area contributed by atoms with E-state index in [-0.39, 0.29) is 17.9 Å². The van der Waals surface area contributed by atoms with Crippen molar-refractivity contribution in [3.63, 3.8) is 0 Å². The molecule has 74 valence electrons. The molecule has 0 radical (unpaired) electrons. The number of rotatable bonds is 3. The highest BCUT2D eigenvalue weighted by molar-refractivity contribution is 5.20. The maximum Gasteiger partial charge on any atom is 0.126 e. The molecule has 0 heterocycles. The zero-order valence-electron chi connectivity index (χ0n) is 7.93. The van der Waals surface area contributed by atoms with Crippen molar-refractivity contribution in [2.75, 3.05) is 0 Å². The average Bonchev–Trinajstić information content (AvgIpc) is 2.19. The molecule has 0 amide bonds. The molecule has 0 aliphatic heterocycles. The smallest absolute Gasteiger partial charge is 0.126 e. The zero-order chi connectivity index (χ0) is 10.6. The highest BCUT2D eigenvalue weighted by atomic mass is 19.1. The van der Waals surface area contributed by atoms with Gasteiger partial charge in [0.2, 0.25) is 0 Å². The number of nitriles is 1. The first-order valence-electron chi connectivity index (χ1n) is 4.51. The second-order valence-electron chi connectivity index (χ2n) is 3.17. The van der Waals surface area contributed by atoms with E-state index in [9.17, 15) is 8.78 Å². The van der Waals surface area contributed by atoms with Crippen LogP contribution in [0.4, 0.5) is 8.78 Å². The van der Waals surface area contributed by atoms with E-state index < -0.39 is 11.6 Å². The van der Waals surface area contributed by atoms with Gasteiger partial charge in [-0.3, -0.25) is 0 Å². The summed E-state index contributed by atoms with van der Waals surface area (Å²) in [6.07, 6.45) is 0.920. The predicted molar refractivity (Wildman–Crippen MR) is 49.5 cm³/mol. The van der Waals surface area contributed by atoms with Crippen LogP contribution in [0.5, 0.6) is 0 Å². The van der Waals surface area contributed by atoms with E-state index in [2.05, 4.69) is 6.07 Å². The van der Waals surface area contributed by atoms with Gasteiger partial charge in [-0.05, 0) is 36.6 Å². The van der Waals surface area contributed by atoms with Crippen LogP contribution in [0.1, 0.15) is 18.9 Å². The molecule has 1 aromatic carbocycles. The van der Waals surface area contributed by atoms with Gasteiger partial charge >= 0.3 is 0 Å². The molecule has 3 heteroatoms. The van der Waals surface area contributed by atoms with Gasteiger partial charge in [-0.2, -0.15) is 5.26 Å². The van der Waals surface area contributed by atoms with Crippen molar-refractivity contribution < 1.29 is 8.78 Å². The Kier molecular flexibility index (Phi) is 3.58. The number of halogens is 2. The topological polar surface area (TPSA) is 23.8 Å². The Balaban J connectivity index is 2.86. The van der Waals surface area contributed by atoms with Gasteiger partial charge in [0, 0.05) is 0 Å². The normalized spacial score (nSPS) is 12.1. The Morgan fingerprint density at radius 1 is 1.43 bits per heavy atom. The summed E-state index contributed by atoms with van der Waals surface area (Å²) in [6, 6.07) is 5.37. The van der Waals surface area contributed by atoms with E-state index in [4.69, 9.17) is 5.26 Å². The molecule has 0 saturated heterocycles. The summed E-state index contributed by atoms with van der Waals surface area (Å²) in [5.41, 5.74) is 0.276. The molecule has 0 aromatic heterocycles. The molecular weight excluding hydrogens is 184 g/mol. The van der Waals surface area contributed by atoms with Crippen molar-refractivity contribution in [1.82, 2.24) is 0 Å². The van der Waals surface area contributed by atoms with E-state index in [0.29, 0.717) is 6.42 Å². The molecule has 1 unspecified atom stereocenters. The minimum atomic E-state index is -0.464.